The standard InChI is InChI=1S/C11H14N4S2/c1-15(9-5-3-2-4-6-9)7-8-16-11-14-13-10(12)17-11/h2-6H,7-8H2,1H3,(H2,12,13). The van der Waals surface area contributed by atoms with Crippen LogP contribution in [0.2, 0.25) is 0 Å². The van der Waals surface area contributed by atoms with Crippen LogP contribution in [-0.2, 0) is 0 Å². The fraction of sp³-hybridized carbons (Fsp3) is 0.273. The Morgan fingerprint density at radius 2 is 2.06 bits per heavy atom. The molecule has 0 fully saturated rings. The van der Waals surface area contributed by atoms with Gasteiger partial charge in [-0.05, 0) is 12.1 Å². The van der Waals surface area contributed by atoms with Crippen LogP contribution in [-0.4, -0.2) is 29.5 Å². The Bertz CT molecular complexity index is 458. The van der Waals surface area contributed by atoms with Gasteiger partial charge in [-0.25, -0.2) is 0 Å². The molecular weight excluding hydrogens is 252 g/mol. The highest BCUT2D eigenvalue weighted by Gasteiger charge is 2.03. The predicted octanol–water partition coefficient (Wildman–Crippen LogP) is 2.35. The number of rotatable bonds is 5. The molecule has 0 unspecified atom stereocenters. The van der Waals surface area contributed by atoms with Crippen molar-refractivity contribution in [3.05, 3.63) is 30.3 Å². The summed E-state index contributed by atoms with van der Waals surface area (Å²) >= 11 is 3.12. The first kappa shape index (κ1) is 12.2. The molecule has 17 heavy (non-hydrogen) atoms. The zero-order valence-electron chi connectivity index (χ0n) is 9.54. The molecule has 1 aromatic heterocycles. The lowest BCUT2D eigenvalue weighted by atomic mass is 10.3. The number of hydrogen-bond donors (Lipinski definition) is 1. The zero-order chi connectivity index (χ0) is 12.1. The first-order valence-electron chi connectivity index (χ1n) is 5.23. The van der Waals surface area contributed by atoms with Crippen LogP contribution in [0.4, 0.5) is 10.8 Å². The molecule has 1 heterocycles. The Kier molecular flexibility index (Phi) is 4.22. The maximum absolute atomic E-state index is 5.52. The normalized spacial score (nSPS) is 10.4. The van der Waals surface area contributed by atoms with Crippen LogP contribution in [0.3, 0.4) is 0 Å². The molecule has 0 aliphatic carbocycles. The number of thioether (sulfide) groups is 1. The molecule has 2 rings (SSSR count). The lowest BCUT2D eigenvalue weighted by Crippen LogP contribution is -2.19. The Morgan fingerprint density at radius 1 is 1.29 bits per heavy atom. The molecule has 0 saturated heterocycles. The number of aromatic nitrogens is 2. The van der Waals surface area contributed by atoms with Crippen LogP contribution >= 0.6 is 23.1 Å². The van der Waals surface area contributed by atoms with Gasteiger partial charge in [0.05, 0.1) is 0 Å². The largest absolute Gasteiger partial charge is 0.374 e. The minimum Gasteiger partial charge on any atom is -0.374 e. The van der Waals surface area contributed by atoms with E-state index in [4.69, 9.17) is 5.73 Å². The van der Waals surface area contributed by atoms with Crippen molar-refractivity contribution < 1.29 is 0 Å². The molecule has 90 valence electrons. The summed E-state index contributed by atoms with van der Waals surface area (Å²) in [5.41, 5.74) is 6.75. The van der Waals surface area contributed by atoms with Crippen molar-refractivity contribution in [2.24, 2.45) is 0 Å². The van der Waals surface area contributed by atoms with Gasteiger partial charge in [0.15, 0.2) is 4.34 Å². The second-order valence-electron chi connectivity index (χ2n) is 3.51. The van der Waals surface area contributed by atoms with Crippen molar-refractivity contribution in [2.75, 3.05) is 30.0 Å². The molecule has 1 aromatic carbocycles. The van der Waals surface area contributed by atoms with Crippen LogP contribution in [0, 0.1) is 0 Å². The van der Waals surface area contributed by atoms with Gasteiger partial charge in [0.1, 0.15) is 0 Å². The van der Waals surface area contributed by atoms with E-state index in [2.05, 4.69) is 34.3 Å². The van der Waals surface area contributed by atoms with Gasteiger partial charge < -0.3 is 10.6 Å². The predicted molar refractivity (Wildman–Crippen MR) is 74.8 cm³/mol. The average Bonchev–Trinajstić information content (AvgIpc) is 2.76. The molecule has 0 aliphatic heterocycles. The first-order chi connectivity index (χ1) is 8.25. The summed E-state index contributed by atoms with van der Waals surface area (Å²) in [7, 11) is 2.09. The van der Waals surface area contributed by atoms with Gasteiger partial charge in [-0.15, -0.1) is 10.2 Å². The molecule has 0 bridgehead atoms. The lowest BCUT2D eigenvalue weighted by Gasteiger charge is -2.18. The van der Waals surface area contributed by atoms with E-state index in [0.29, 0.717) is 5.13 Å². The minimum absolute atomic E-state index is 0.531. The third-order valence-electron chi connectivity index (χ3n) is 2.27. The van der Waals surface area contributed by atoms with Crippen LogP contribution in [0.25, 0.3) is 0 Å². The number of nitrogens with two attached hydrogens (primary N) is 1. The molecule has 4 nitrogen and oxygen atoms in total. The van der Waals surface area contributed by atoms with E-state index in [-0.39, 0.29) is 0 Å². The minimum atomic E-state index is 0.531. The molecule has 0 saturated carbocycles. The van der Waals surface area contributed by atoms with Crippen LogP contribution in [0.15, 0.2) is 34.7 Å². The van der Waals surface area contributed by atoms with E-state index in [9.17, 15) is 0 Å². The smallest absolute Gasteiger partial charge is 0.203 e. The fourth-order valence-electron chi connectivity index (χ4n) is 1.36. The van der Waals surface area contributed by atoms with E-state index in [0.717, 1.165) is 16.6 Å². The second kappa shape index (κ2) is 5.88. The summed E-state index contributed by atoms with van der Waals surface area (Å²) in [5.74, 6) is 0.972. The number of hydrogen-bond acceptors (Lipinski definition) is 6. The third-order valence-corrected chi connectivity index (χ3v) is 4.14. The monoisotopic (exact) mass is 266 g/mol. The van der Waals surface area contributed by atoms with E-state index in [1.54, 1.807) is 11.8 Å². The summed E-state index contributed by atoms with van der Waals surface area (Å²) in [4.78, 5) is 2.22. The first-order valence-corrected chi connectivity index (χ1v) is 7.04. The maximum Gasteiger partial charge on any atom is 0.203 e. The number of benzene rings is 1. The summed E-state index contributed by atoms with van der Waals surface area (Å²) in [6.45, 7) is 0.966. The van der Waals surface area contributed by atoms with Crippen LogP contribution in [0.1, 0.15) is 0 Å². The average molecular weight is 266 g/mol. The molecule has 0 radical (unpaired) electrons. The molecular formula is C11H14N4S2. The number of nitrogens with zero attached hydrogens (tertiary/aromatic N) is 3. The quantitative estimate of drug-likeness (QED) is 0.842. The second-order valence-corrected chi connectivity index (χ2v) is 5.86. The molecule has 2 N–H and O–H groups in total. The Hall–Kier alpha value is -1.27. The van der Waals surface area contributed by atoms with E-state index >= 15 is 0 Å². The van der Waals surface area contributed by atoms with Crippen LogP contribution in [0.5, 0.6) is 0 Å². The fourth-order valence-corrected chi connectivity index (χ4v) is 3.08. The van der Waals surface area contributed by atoms with Crippen molar-refractivity contribution in [1.82, 2.24) is 10.2 Å². The number of para-hydroxylation sites is 1. The van der Waals surface area contributed by atoms with Gasteiger partial charge in [0.2, 0.25) is 5.13 Å². The SMILES string of the molecule is CN(CCSc1nnc(N)s1)c1ccccc1. The van der Waals surface area contributed by atoms with Gasteiger partial charge in [-0.3, -0.25) is 0 Å². The molecule has 0 spiro atoms. The molecule has 0 aliphatic rings. The summed E-state index contributed by atoms with van der Waals surface area (Å²) < 4.78 is 0.934. The van der Waals surface area contributed by atoms with Crippen molar-refractivity contribution in [1.29, 1.82) is 0 Å². The third kappa shape index (κ3) is 3.61. The van der Waals surface area contributed by atoms with E-state index in [1.165, 1.54) is 17.0 Å². The molecule has 0 atom stereocenters. The van der Waals surface area contributed by atoms with E-state index < -0.39 is 0 Å². The Labute approximate surface area is 109 Å². The molecule has 0 amide bonds. The molecule has 2 aromatic rings. The van der Waals surface area contributed by atoms with Crippen molar-refractivity contribution >= 4 is 33.9 Å². The van der Waals surface area contributed by atoms with Gasteiger partial charge in [-0.1, -0.05) is 41.3 Å². The van der Waals surface area contributed by atoms with Crippen LogP contribution < -0.4 is 10.6 Å². The number of anilines is 2. The maximum atomic E-state index is 5.52. The number of nitrogen functional groups attached to an aromatic ring is 1. The highest BCUT2D eigenvalue weighted by Crippen LogP contribution is 2.23. The summed E-state index contributed by atoms with van der Waals surface area (Å²) in [6, 6.07) is 10.3. The summed E-state index contributed by atoms with van der Waals surface area (Å²) in [6.07, 6.45) is 0. The van der Waals surface area contributed by atoms with Crippen molar-refractivity contribution in [3.8, 4) is 0 Å². The van der Waals surface area contributed by atoms with E-state index in [1.807, 2.05) is 18.2 Å². The topological polar surface area (TPSA) is 55.0 Å². The Balaban J connectivity index is 1.79. The van der Waals surface area contributed by atoms with Gasteiger partial charge >= 0.3 is 0 Å². The van der Waals surface area contributed by atoms with Gasteiger partial charge in [0.25, 0.3) is 0 Å². The highest BCUT2D eigenvalue weighted by molar-refractivity contribution is 8.01. The lowest BCUT2D eigenvalue weighted by molar-refractivity contribution is 0.971. The molecule has 6 heteroatoms. The van der Waals surface area contributed by atoms with Gasteiger partial charge in [0, 0.05) is 25.0 Å². The van der Waals surface area contributed by atoms with Crippen molar-refractivity contribution in [3.63, 3.8) is 0 Å². The Morgan fingerprint density at radius 3 is 2.71 bits per heavy atom. The van der Waals surface area contributed by atoms with Crippen molar-refractivity contribution in [2.45, 2.75) is 4.34 Å². The summed E-state index contributed by atoms with van der Waals surface area (Å²) in [5, 5.41) is 8.29. The zero-order valence-corrected chi connectivity index (χ0v) is 11.2. The highest BCUT2D eigenvalue weighted by atomic mass is 32.2. The van der Waals surface area contributed by atoms with Gasteiger partial charge in [-0.2, -0.15) is 0 Å².